The zero-order chi connectivity index (χ0) is 21.2. The van der Waals surface area contributed by atoms with Gasteiger partial charge < -0.3 is 5.11 Å². The topological polar surface area (TPSA) is 37.3 Å². The smallest absolute Gasteiger partial charge is 0.309 e. The average molecular weight is 399 g/mol. The summed E-state index contributed by atoms with van der Waals surface area (Å²) in [6.45, 7) is 12.9. The number of allylic oxidation sites excluding steroid dienone is 1. The highest BCUT2D eigenvalue weighted by atomic mass is 19.1. The first-order valence-electron chi connectivity index (χ1n) is 11.2. The summed E-state index contributed by atoms with van der Waals surface area (Å²) in [4.78, 5) is 11.7. The average Bonchev–Trinajstić information content (AvgIpc) is 2.93. The molecule has 158 valence electrons. The van der Waals surface area contributed by atoms with Crippen LogP contribution in [0.5, 0.6) is 0 Å². The molecule has 2 saturated carbocycles. The first-order valence-corrected chi connectivity index (χ1v) is 11.2. The van der Waals surface area contributed by atoms with Crippen molar-refractivity contribution in [2.24, 2.45) is 28.1 Å². The van der Waals surface area contributed by atoms with Crippen molar-refractivity contribution >= 4 is 5.97 Å². The van der Waals surface area contributed by atoms with Crippen LogP contribution in [0.4, 0.5) is 4.39 Å². The Labute approximate surface area is 174 Å². The summed E-state index contributed by atoms with van der Waals surface area (Å²) in [5.41, 5.74) is 3.08. The molecule has 1 aromatic carbocycles. The summed E-state index contributed by atoms with van der Waals surface area (Å²) in [6.07, 6.45) is 7.23. The lowest BCUT2D eigenvalue weighted by Gasteiger charge is -2.55. The van der Waals surface area contributed by atoms with Crippen molar-refractivity contribution in [1.82, 2.24) is 0 Å². The van der Waals surface area contributed by atoms with E-state index in [0.29, 0.717) is 24.2 Å². The molecule has 0 saturated heterocycles. The van der Waals surface area contributed by atoms with Crippen LogP contribution in [-0.4, -0.2) is 11.1 Å². The maximum atomic E-state index is 13.7. The molecule has 0 aromatic heterocycles. The Morgan fingerprint density at radius 1 is 1.24 bits per heavy atom. The lowest BCUT2D eigenvalue weighted by molar-refractivity contribution is -0.147. The molecule has 0 amide bonds. The number of rotatable bonds is 4. The van der Waals surface area contributed by atoms with Gasteiger partial charge in [0.05, 0.1) is 5.41 Å². The van der Waals surface area contributed by atoms with E-state index in [9.17, 15) is 14.3 Å². The van der Waals surface area contributed by atoms with E-state index >= 15 is 0 Å². The predicted octanol–water partition coefficient (Wildman–Crippen LogP) is 6.75. The number of benzene rings is 1. The number of carboxylic acid groups (broad SMARTS) is 1. The number of halogens is 1. The highest BCUT2D eigenvalue weighted by Crippen LogP contribution is 2.69. The number of hydrogen-bond donors (Lipinski definition) is 1. The molecule has 2 fully saturated rings. The normalized spacial score (nSPS) is 36.1. The summed E-state index contributed by atoms with van der Waals surface area (Å²) in [6, 6.07) is 5.41. The summed E-state index contributed by atoms with van der Waals surface area (Å²) in [7, 11) is 0. The lowest BCUT2D eigenvalue weighted by atomic mass is 9.49. The highest BCUT2D eigenvalue weighted by molar-refractivity contribution is 5.74. The molecule has 3 heteroatoms. The van der Waals surface area contributed by atoms with E-state index in [1.165, 1.54) is 17.5 Å². The lowest BCUT2D eigenvalue weighted by Crippen LogP contribution is -2.47. The molecule has 0 spiro atoms. The molecule has 4 rings (SSSR count). The van der Waals surface area contributed by atoms with Crippen LogP contribution in [0.1, 0.15) is 83.3 Å². The zero-order valence-corrected chi connectivity index (χ0v) is 18.4. The SMILES string of the molecule is C=C(CC(C)(C)C(=O)O)[C@]1(C)CCC2C3CCc4cc(F)ccc4C3CC[C@@]21C. The monoisotopic (exact) mass is 398 g/mol. The number of carboxylic acids is 1. The number of hydrogen-bond acceptors (Lipinski definition) is 1. The van der Waals surface area contributed by atoms with E-state index in [-0.39, 0.29) is 16.6 Å². The van der Waals surface area contributed by atoms with Crippen molar-refractivity contribution in [2.75, 3.05) is 0 Å². The summed E-state index contributed by atoms with van der Waals surface area (Å²) in [5, 5.41) is 9.61. The van der Waals surface area contributed by atoms with Crippen LogP contribution in [0.3, 0.4) is 0 Å². The van der Waals surface area contributed by atoms with E-state index in [1.54, 1.807) is 12.1 Å². The minimum atomic E-state index is -0.778. The zero-order valence-electron chi connectivity index (χ0n) is 18.4. The van der Waals surface area contributed by atoms with Crippen molar-refractivity contribution < 1.29 is 14.3 Å². The van der Waals surface area contributed by atoms with Gasteiger partial charge in [-0.1, -0.05) is 32.1 Å². The van der Waals surface area contributed by atoms with Crippen LogP contribution in [0.2, 0.25) is 0 Å². The van der Waals surface area contributed by atoms with Gasteiger partial charge in [-0.3, -0.25) is 4.79 Å². The third kappa shape index (κ3) is 2.99. The van der Waals surface area contributed by atoms with Crippen LogP contribution in [0, 0.1) is 33.9 Å². The van der Waals surface area contributed by atoms with Gasteiger partial charge >= 0.3 is 5.97 Å². The molecular formula is C26H35FO2. The number of aryl methyl sites for hydroxylation is 1. The molecule has 1 aromatic rings. The quantitative estimate of drug-likeness (QED) is 0.570. The van der Waals surface area contributed by atoms with Gasteiger partial charge in [0.25, 0.3) is 0 Å². The van der Waals surface area contributed by atoms with Gasteiger partial charge in [0.15, 0.2) is 0 Å². The maximum absolute atomic E-state index is 13.7. The third-order valence-corrected chi connectivity index (χ3v) is 9.31. The minimum Gasteiger partial charge on any atom is -0.481 e. The van der Waals surface area contributed by atoms with E-state index < -0.39 is 11.4 Å². The van der Waals surface area contributed by atoms with E-state index in [1.807, 2.05) is 19.9 Å². The maximum Gasteiger partial charge on any atom is 0.309 e. The van der Waals surface area contributed by atoms with E-state index in [0.717, 1.165) is 37.7 Å². The van der Waals surface area contributed by atoms with Crippen LogP contribution in [0.25, 0.3) is 0 Å². The van der Waals surface area contributed by atoms with Crippen molar-refractivity contribution in [3.63, 3.8) is 0 Å². The number of aliphatic carboxylic acids is 1. The van der Waals surface area contributed by atoms with Gasteiger partial charge in [0.1, 0.15) is 5.82 Å². The van der Waals surface area contributed by atoms with Gasteiger partial charge in [-0.05, 0) is 111 Å². The molecular weight excluding hydrogens is 363 g/mol. The highest BCUT2D eigenvalue weighted by Gasteiger charge is 2.60. The molecule has 3 unspecified atom stereocenters. The fourth-order valence-corrected chi connectivity index (χ4v) is 7.20. The summed E-state index contributed by atoms with van der Waals surface area (Å²) < 4.78 is 13.7. The van der Waals surface area contributed by atoms with Crippen molar-refractivity contribution in [3.8, 4) is 0 Å². The van der Waals surface area contributed by atoms with Gasteiger partial charge in [-0.25, -0.2) is 4.39 Å². The Balaban J connectivity index is 1.62. The Kier molecular flexibility index (Phi) is 4.75. The van der Waals surface area contributed by atoms with Gasteiger partial charge in [0, 0.05) is 0 Å². The van der Waals surface area contributed by atoms with Crippen molar-refractivity contribution in [2.45, 2.75) is 78.6 Å². The number of fused-ring (bicyclic) bond motifs is 5. The largest absolute Gasteiger partial charge is 0.481 e. The molecule has 0 bridgehead atoms. The van der Waals surface area contributed by atoms with Gasteiger partial charge in [0.2, 0.25) is 0 Å². The van der Waals surface area contributed by atoms with Gasteiger partial charge in [-0.2, -0.15) is 0 Å². The second kappa shape index (κ2) is 6.68. The predicted molar refractivity (Wildman–Crippen MR) is 114 cm³/mol. The number of carbonyl (C=O) groups is 1. The van der Waals surface area contributed by atoms with Gasteiger partial charge in [-0.15, -0.1) is 0 Å². The first kappa shape index (κ1) is 20.6. The Bertz CT molecular complexity index is 856. The fraction of sp³-hybridized carbons (Fsp3) is 0.654. The van der Waals surface area contributed by atoms with Crippen LogP contribution >= 0.6 is 0 Å². The Hall–Kier alpha value is -1.64. The molecule has 3 aliphatic carbocycles. The van der Waals surface area contributed by atoms with Crippen LogP contribution in [-0.2, 0) is 11.2 Å². The molecule has 29 heavy (non-hydrogen) atoms. The molecule has 2 nitrogen and oxygen atoms in total. The fourth-order valence-electron chi connectivity index (χ4n) is 7.20. The first-order chi connectivity index (χ1) is 13.5. The molecule has 0 heterocycles. The molecule has 5 atom stereocenters. The second-order valence-corrected chi connectivity index (χ2v) is 11.1. The summed E-state index contributed by atoms with van der Waals surface area (Å²) in [5.74, 6) is 0.960. The minimum absolute atomic E-state index is 0.0154. The Morgan fingerprint density at radius 2 is 1.97 bits per heavy atom. The molecule has 3 aliphatic rings. The standard InChI is InChI=1S/C26H35FO2/c1-16(15-24(2,3)23(28)29)25(4)13-11-22-21-8-6-17-14-18(27)7-9-19(17)20(21)10-12-26(22,25)5/h7,9,14,20-22H,1,6,8,10-13,15H2,2-5H3,(H,28,29)/t20?,21?,22?,25-,26-/m0/s1. The molecule has 0 radical (unpaired) electrons. The van der Waals surface area contributed by atoms with Crippen molar-refractivity contribution in [1.29, 1.82) is 0 Å². The van der Waals surface area contributed by atoms with Crippen LogP contribution < -0.4 is 0 Å². The Morgan fingerprint density at radius 3 is 2.66 bits per heavy atom. The van der Waals surface area contributed by atoms with Crippen molar-refractivity contribution in [3.05, 3.63) is 47.3 Å². The second-order valence-electron chi connectivity index (χ2n) is 11.1. The van der Waals surface area contributed by atoms with E-state index in [2.05, 4.69) is 20.4 Å². The third-order valence-electron chi connectivity index (χ3n) is 9.31. The molecule has 0 aliphatic heterocycles. The van der Waals surface area contributed by atoms with E-state index in [4.69, 9.17) is 0 Å². The van der Waals surface area contributed by atoms with Crippen LogP contribution in [0.15, 0.2) is 30.4 Å². The summed E-state index contributed by atoms with van der Waals surface area (Å²) >= 11 is 0. The molecule has 1 N–H and O–H groups in total.